The summed E-state index contributed by atoms with van der Waals surface area (Å²) in [6, 6.07) is 6.74. The summed E-state index contributed by atoms with van der Waals surface area (Å²) in [6.45, 7) is 1.78. The van der Waals surface area contributed by atoms with E-state index in [0.29, 0.717) is 5.56 Å². The topological polar surface area (TPSA) is 37.3 Å². The summed E-state index contributed by atoms with van der Waals surface area (Å²) in [4.78, 5) is 10.4. The van der Waals surface area contributed by atoms with Gasteiger partial charge in [-0.3, -0.25) is 4.79 Å². The van der Waals surface area contributed by atoms with Crippen LogP contribution in [0.3, 0.4) is 0 Å². The van der Waals surface area contributed by atoms with Gasteiger partial charge in [0.15, 0.2) is 0 Å². The Bertz CT molecular complexity index is 346. The Morgan fingerprint density at radius 1 is 1.43 bits per heavy atom. The summed E-state index contributed by atoms with van der Waals surface area (Å²) in [5.74, 6) is 2.25. The van der Waals surface area contributed by atoms with Gasteiger partial charge in [0.25, 0.3) is 0 Å². The number of terminal acetylenes is 1. The Morgan fingerprint density at radius 2 is 2.00 bits per heavy atom. The van der Waals surface area contributed by atoms with E-state index in [4.69, 9.17) is 6.42 Å². The molecule has 0 aliphatic rings. The highest BCUT2D eigenvalue weighted by molar-refractivity contribution is 5.74. The fourth-order valence-electron chi connectivity index (χ4n) is 1.15. The van der Waals surface area contributed by atoms with Crippen LogP contribution in [0.4, 0.5) is 0 Å². The molecule has 2 atom stereocenters. The molecule has 0 spiro atoms. The van der Waals surface area contributed by atoms with Crippen LogP contribution in [0.2, 0.25) is 0 Å². The molecule has 2 unspecified atom stereocenters. The van der Waals surface area contributed by atoms with Crippen molar-refractivity contribution in [3.8, 4) is 12.3 Å². The maximum absolute atomic E-state index is 10.4. The van der Waals surface area contributed by atoms with Crippen molar-refractivity contribution in [2.24, 2.45) is 5.92 Å². The Hall–Kier alpha value is -1.59. The zero-order valence-electron chi connectivity index (χ0n) is 7.97. The standard InChI is InChI=1S/C12H12O2/c1-3-9(2)12(14)11-6-4-10(8-13)5-7-11/h1,4-9,12,14H,2H3. The van der Waals surface area contributed by atoms with Crippen molar-refractivity contribution in [2.45, 2.75) is 13.0 Å². The minimum atomic E-state index is -0.666. The number of hydrogen-bond donors (Lipinski definition) is 1. The van der Waals surface area contributed by atoms with Gasteiger partial charge < -0.3 is 5.11 Å². The zero-order chi connectivity index (χ0) is 10.6. The molecule has 0 radical (unpaired) electrons. The van der Waals surface area contributed by atoms with Crippen LogP contribution in [0.25, 0.3) is 0 Å². The predicted molar refractivity (Wildman–Crippen MR) is 54.8 cm³/mol. The molecule has 0 aromatic heterocycles. The SMILES string of the molecule is C#CC(C)C(O)c1ccc(C=O)cc1. The molecule has 0 fully saturated rings. The van der Waals surface area contributed by atoms with Gasteiger partial charge >= 0.3 is 0 Å². The van der Waals surface area contributed by atoms with E-state index < -0.39 is 6.10 Å². The molecule has 0 amide bonds. The molecule has 2 heteroatoms. The third kappa shape index (κ3) is 2.21. The van der Waals surface area contributed by atoms with E-state index in [1.165, 1.54) is 0 Å². The number of rotatable bonds is 3. The van der Waals surface area contributed by atoms with Crippen LogP contribution >= 0.6 is 0 Å². The third-order valence-corrected chi connectivity index (χ3v) is 2.15. The van der Waals surface area contributed by atoms with Gasteiger partial charge in [-0.25, -0.2) is 0 Å². The highest BCUT2D eigenvalue weighted by atomic mass is 16.3. The van der Waals surface area contributed by atoms with Gasteiger partial charge in [0.05, 0.1) is 6.10 Å². The number of aliphatic hydroxyl groups is 1. The number of hydrogen-bond acceptors (Lipinski definition) is 2. The van der Waals surface area contributed by atoms with Crippen molar-refractivity contribution in [2.75, 3.05) is 0 Å². The molecule has 0 aliphatic carbocycles. The highest BCUT2D eigenvalue weighted by Crippen LogP contribution is 2.20. The average molecular weight is 188 g/mol. The number of aliphatic hydroxyl groups excluding tert-OH is 1. The van der Waals surface area contributed by atoms with Gasteiger partial charge in [-0.2, -0.15) is 0 Å². The molecule has 0 saturated carbocycles. The predicted octanol–water partition coefficient (Wildman–Crippen LogP) is 1.80. The minimum absolute atomic E-state index is 0.225. The first kappa shape index (κ1) is 10.5. The first-order valence-corrected chi connectivity index (χ1v) is 4.38. The molecular formula is C12H12O2. The quantitative estimate of drug-likeness (QED) is 0.580. The maximum Gasteiger partial charge on any atom is 0.150 e. The molecule has 1 aromatic carbocycles. The largest absolute Gasteiger partial charge is 0.387 e. The summed E-state index contributed by atoms with van der Waals surface area (Å²) in [5, 5.41) is 9.72. The van der Waals surface area contributed by atoms with E-state index in [1.54, 1.807) is 31.2 Å². The van der Waals surface area contributed by atoms with Crippen molar-refractivity contribution in [3.63, 3.8) is 0 Å². The Morgan fingerprint density at radius 3 is 2.43 bits per heavy atom. The summed E-state index contributed by atoms with van der Waals surface area (Å²) in [7, 11) is 0. The van der Waals surface area contributed by atoms with Gasteiger partial charge in [0, 0.05) is 11.5 Å². The molecule has 1 rings (SSSR count). The van der Waals surface area contributed by atoms with E-state index in [-0.39, 0.29) is 5.92 Å². The van der Waals surface area contributed by atoms with Crippen LogP contribution in [0.15, 0.2) is 24.3 Å². The van der Waals surface area contributed by atoms with Crippen LogP contribution in [-0.4, -0.2) is 11.4 Å². The fourth-order valence-corrected chi connectivity index (χ4v) is 1.15. The van der Waals surface area contributed by atoms with Gasteiger partial charge in [0.1, 0.15) is 6.29 Å². The van der Waals surface area contributed by atoms with Crippen molar-refractivity contribution in [1.29, 1.82) is 0 Å². The van der Waals surface area contributed by atoms with Gasteiger partial charge in [-0.05, 0) is 12.5 Å². The van der Waals surface area contributed by atoms with E-state index in [1.807, 2.05) is 0 Å². The number of carbonyl (C=O) groups is 1. The van der Waals surface area contributed by atoms with Gasteiger partial charge in [-0.1, -0.05) is 24.3 Å². The molecule has 1 aromatic rings. The maximum atomic E-state index is 10.4. The molecule has 0 aliphatic heterocycles. The first-order valence-electron chi connectivity index (χ1n) is 4.38. The molecule has 72 valence electrons. The van der Waals surface area contributed by atoms with Crippen molar-refractivity contribution in [1.82, 2.24) is 0 Å². The molecule has 0 saturated heterocycles. The third-order valence-electron chi connectivity index (χ3n) is 2.15. The van der Waals surface area contributed by atoms with Crippen molar-refractivity contribution < 1.29 is 9.90 Å². The fraction of sp³-hybridized carbons (Fsp3) is 0.250. The van der Waals surface area contributed by atoms with E-state index in [0.717, 1.165) is 11.8 Å². The Labute approximate surface area is 83.6 Å². The first-order chi connectivity index (χ1) is 6.69. The Kier molecular flexibility index (Phi) is 3.44. The van der Waals surface area contributed by atoms with Crippen LogP contribution in [0.5, 0.6) is 0 Å². The van der Waals surface area contributed by atoms with Crippen LogP contribution < -0.4 is 0 Å². The van der Waals surface area contributed by atoms with E-state index in [9.17, 15) is 9.90 Å². The molecule has 2 nitrogen and oxygen atoms in total. The molecule has 0 heterocycles. The lowest BCUT2D eigenvalue weighted by Gasteiger charge is -2.13. The van der Waals surface area contributed by atoms with E-state index in [2.05, 4.69) is 5.92 Å². The summed E-state index contributed by atoms with van der Waals surface area (Å²) < 4.78 is 0. The zero-order valence-corrected chi connectivity index (χ0v) is 7.97. The second-order valence-corrected chi connectivity index (χ2v) is 3.18. The van der Waals surface area contributed by atoms with E-state index >= 15 is 0 Å². The second-order valence-electron chi connectivity index (χ2n) is 3.18. The van der Waals surface area contributed by atoms with Crippen LogP contribution in [0, 0.1) is 18.3 Å². The normalized spacial score (nSPS) is 14.1. The lowest BCUT2D eigenvalue weighted by Crippen LogP contribution is -2.06. The number of aldehydes is 1. The van der Waals surface area contributed by atoms with Crippen LogP contribution in [-0.2, 0) is 0 Å². The lowest BCUT2D eigenvalue weighted by atomic mass is 9.97. The van der Waals surface area contributed by atoms with Gasteiger partial charge in [0.2, 0.25) is 0 Å². The summed E-state index contributed by atoms with van der Waals surface area (Å²) in [6.07, 6.45) is 5.30. The van der Waals surface area contributed by atoms with Gasteiger partial charge in [-0.15, -0.1) is 12.3 Å². The average Bonchev–Trinajstić information content (AvgIpc) is 2.27. The summed E-state index contributed by atoms with van der Waals surface area (Å²) >= 11 is 0. The monoisotopic (exact) mass is 188 g/mol. The molecule has 0 bridgehead atoms. The van der Waals surface area contributed by atoms with Crippen molar-refractivity contribution in [3.05, 3.63) is 35.4 Å². The minimum Gasteiger partial charge on any atom is -0.387 e. The van der Waals surface area contributed by atoms with Crippen LogP contribution in [0.1, 0.15) is 28.9 Å². The Balaban J connectivity index is 2.87. The summed E-state index contributed by atoms with van der Waals surface area (Å²) in [5.41, 5.74) is 1.33. The molecular weight excluding hydrogens is 176 g/mol. The smallest absolute Gasteiger partial charge is 0.150 e. The number of benzene rings is 1. The molecule has 14 heavy (non-hydrogen) atoms. The second kappa shape index (κ2) is 4.59. The lowest BCUT2D eigenvalue weighted by molar-refractivity contribution is 0.112. The number of carbonyl (C=O) groups excluding carboxylic acids is 1. The molecule has 1 N–H and O–H groups in total. The highest BCUT2D eigenvalue weighted by Gasteiger charge is 2.13. The van der Waals surface area contributed by atoms with Crippen molar-refractivity contribution >= 4 is 6.29 Å².